The molecule has 1 aliphatic heterocycles. The van der Waals surface area contributed by atoms with Crippen molar-refractivity contribution in [3.63, 3.8) is 0 Å². The van der Waals surface area contributed by atoms with Gasteiger partial charge in [-0.15, -0.1) is 0 Å². The summed E-state index contributed by atoms with van der Waals surface area (Å²) in [4.78, 5) is 2.51. The van der Waals surface area contributed by atoms with Gasteiger partial charge in [-0.05, 0) is 64.4 Å². The Morgan fingerprint density at radius 1 is 1.27 bits per heavy atom. The lowest BCUT2D eigenvalue weighted by Crippen LogP contribution is -2.20. The molecule has 1 aliphatic rings. The van der Waals surface area contributed by atoms with E-state index >= 15 is 0 Å². The SMILES string of the molecule is CCn1cc(C(C)NCc2ccc(OC)c(CN3CCCC3)c2)c(C)n1. The maximum atomic E-state index is 5.58. The second-order valence-corrected chi connectivity index (χ2v) is 7.26. The molecule has 1 fully saturated rings. The van der Waals surface area contributed by atoms with E-state index in [9.17, 15) is 0 Å². The Hall–Kier alpha value is -1.85. The Morgan fingerprint density at radius 2 is 2.04 bits per heavy atom. The van der Waals surface area contributed by atoms with Crippen LogP contribution in [0.3, 0.4) is 0 Å². The molecular formula is C21H32N4O. The zero-order valence-electron chi connectivity index (χ0n) is 16.6. The van der Waals surface area contributed by atoms with Crippen LogP contribution in [0.2, 0.25) is 0 Å². The fourth-order valence-corrected chi connectivity index (χ4v) is 3.75. The monoisotopic (exact) mass is 356 g/mol. The molecule has 26 heavy (non-hydrogen) atoms. The highest BCUT2D eigenvalue weighted by atomic mass is 16.5. The minimum Gasteiger partial charge on any atom is -0.496 e. The number of likely N-dealkylation sites (tertiary alicyclic amines) is 1. The summed E-state index contributed by atoms with van der Waals surface area (Å²) >= 11 is 0. The number of aromatic nitrogens is 2. The molecule has 1 saturated heterocycles. The second-order valence-electron chi connectivity index (χ2n) is 7.26. The summed E-state index contributed by atoms with van der Waals surface area (Å²) in [6.45, 7) is 11.5. The van der Waals surface area contributed by atoms with Gasteiger partial charge in [0.2, 0.25) is 0 Å². The van der Waals surface area contributed by atoms with Crippen molar-refractivity contribution in [2.24, 2.45) is 0 Å². The Kier molecular flexibility index (Phi) is 6.33. The van der Waals surface area contributed by atoms with E-state index in [2.05, 4.69) is 60.5 Å². The van der Waals surface area contributed by atoms with Crippen LogP contribution in [0.25, 0.3) is 0 Å². The molecule has 5 nitrogen and oxygen atoms in total. The highest BCUT2D eigenvalue weighted by Crippen LogP contribution is 2.24. The van der Waals surface area contributed by atoms with Gasteiger partial charge < -0.3 is 10.1 Å². The van der Waals surface area contributed by atoms with Crippen LogP contribution in [0, 0.1) is 6.92 Å². The van der Waals surface area contributed by atoms with Crippen molar-refractivity contribution in [2.75, 3.05) is 20.2 Å². The smallest absolute Gasteiger partial charge is 0.123 e. The minimum absolute atomic E-state index is 0.277. The fourth-order valence-electron chi connectivity index (χ4n) is 3.75. The summed E-state index contributed by atoms with van der Waals surface area (Å²) in [5.41, 5.74) is 4.97. The first-order valence-corrected chi connectivity index (χ1v) is 9.76. The molecule has 1 unspecified atom stereocenters. The van der Waals surface area contributed by atoms with E-state index in [0.29, 0.717) is 0 Å². The predicted octanol–water partition coefficient (Wildman–Crippen LogP) is 3.67. The molecule has 0 aliphatic carbocycles. The van der Waals surface area contributed by atoms with Crippen LogP contribution in [0.1, 0.15) is 55.1 Å². The minimum atomic E-state index is 0.277. The second kappa shape index (κ2) is 8.69. The molecule has 5 heteroatoms. The lowest BCUT2D eigenvalue weighted by Gasteiger charge is -2.19. The number of aryl methyl sites for hydroxylation is 2. The van der Waals surface area contributed by atoms with E-state index in [4.69, 9.17) is 4.74 Å². The Labute approximate surface area is 157 Å². The number of hydrogen-bond acceptors (Lipinski definition) is 4. The first-order valence-electron chi connectivity index (χ1n) is 9.76. The molecule has 0 saturated carbocycles. The first kappa shape index (κ1) is 18.9. The zero-order chi connectivity index (χ0) is 18.5. The first-order chi connectivity index (χ1) is 12.6. The van der Waals surface area contributed by atoms with Crippen molar-refractivity contribution in [1.82, 2.24) is 20.0 Å². The molecule has 0 amide bonds. The predicted molar refractivity (Wildman–Crippen MR) is 105 cm³/mol. The number of rotatable bonds is 8. The molecule has 142 valence electrons. The summed E-state index contributed by atoms with van der Waals surface area (Å²) in [5, 5.41) is 8.20. The van der Waals surface area contributed by atoms with Gasteiger partial charge in [-0.3, -0.25) is 9.58 Å². The van der Waals surface area contributed by atoms with Crippen molar-refractivity contribution in [3.8, 4) is 5.75 Å². The lowest BCUT2D eigenvalue weighted by molar-refractivity contribution is 0.320. The normalized spacial score (nSPS) is 16.2. The van der Waals surface area contributed by atoms with E-state index in [0.717, 1.165) is 31.1 Å². The highest BCUT2D eigenvalue weighted by molar-refractivity contribution is 5.37. The summed E-state index contributed by atoms with van der Waals surface area (Å²) in [5.74, 6) is 0.994. The van der Waals surface area contributed by atoms with Crippen LogP contribution in [0.4, 0.5) is 0 Å². The average Bonchev–Trinajstić information content (AvgIpc) is 3.29. The number of nitrogens with one attached hydrogen (secondary N) is 1. The van der Waals surface area contributed by atoms with E-state index in [1.54, 1.807) is 7.11 Å². The van der Waals surface area contributed by atoms with Gasteiger partial charge in [0.15, 0.2) is 0 Å². The summed E-state index contributed by atoms with van der Waals surface area (Å²) in [7, 11) is 1.76. The Bertz CT molecular complexity index is 719. The topological polar surface area (TPSA) is 42.3 Å². The average molecular weight is 357 g/mol. The Morgan fingerprint density at radius 3 is 2.69 bits per heavy atom. The maximum absolute atomic E-state index is 5.58. The highest BCUT2D eigenvalue weighted by Gasteiger charge is 2.15. The molecule has 2 aromatic rings. The molecular weight excluding hydrogens is 324 g/mol. The maximum Gasteiger partial charge on any atom is 0.123 e. The van der Waals surface area contributed by atoms with Gasteiger partial charge in [-0.25, -0.2) is 0 Å². The third-order valence-electron chi connectivity index (χ3n) is 5.32. The van der Waals surface area contributed by atoms with E-state index in [1.807, 2.05) is 4.68 Å². The van der Waals surface area contributed by atoms with Gasteiger partial charge in [0, 0.05) is 43.0 Å². The number of ether oxygens (including phenoxy) is 1. The Balaban J connectivity index is 1.66. The van der Waals surface area contributed by atoms with E-state index in [1.165, 1.54) is 42.6 Å². The fraction of sp³-hybridized carbons (Fsp3) is 0.571. The largest absolute Gasteiger partial charge is 0.496 e. The van der Waals surface area contributed by atoms with Crippen molar-refractivity contribution in [3.05, 3.63) is 46.8 Å². The number of methoxy groups -OCH3 is 1. The molecule has 1 N–H and O–H groups in total. The van der Waals surface area contributed by atoms with Crippen LogP contribution in [-0.4, -0.2) is 34.9 Å². The lowest BCUT2D eigenvalue weighted by atomic mass is 10.1. The molecule has 0 bridgehead atoms. The van der Waals surface area contributed by atoms with Crippen LogP contribution in [0.15, 0.2) is 24.4 Å². The zero-order valence-corrected chi connectivity index (χ0v) is 16.6. The summed E-state index contributed by atoms with van der Waals surface area (Å²) in [6.07, 6.45) is 4.78. The third-order valence-corrected chi connectivity index (χ3v) is 5.32. The van der Waals surface area contributed by atoms with E-state index in [-0.39, 0.29) is 6.04 Å². The van der Waals surface area contributed by atoms with Gasteiger partial charge in [-0.2, -0.15) is 5.10 Å². The summed E-state index contributed by atoms with van der Waals surface area (Å²) in [6, 6.07) is 6.83. The molecule has 1 atom stereocenters. The van der Waals surface area contributed by atoms with Crippen LogP contribution in [-0.2, 0) is 19.6 Å². The van der Waals surface area contributed by atoms with Gasteiger partial charge in [0.1, 0.15) is 5.75 Å². The van der Waals surface area contributed by atoms with Crippen LogP contribution < -0.4 is 10.1 Å². The molecule has 3 rings (SSSR count). The van der Waals surface area contributed by atoms with E-state index < -0.39 is 0 Å². The number of hydrogen-bond donors (Lipinski definition) is 1. The van der Waals surface area contributed by atoms with Gasteiger partial charge >= 0.3 is 0 Å². The summed E-state index contributed by atoms with van der Waals surface area (Å²) < 4.78 is 7.58. The molecule has 0 spiro atoms. The van der Waals surface area contributed by atoms with Crippen molar-refractivity contribution in [1.29, 1.82) is 0 Å². The van der Waals surface area contributed by atoms with Crippen LogP contribution in [0.5, 0.6) is 5.75 Å². The van der Waals surface area contributed by atoms with Gasteiger partial charge in [-0.1, -0.05) is 6.07 Å². The number of nitrogens with zero attached hydrogens (tertiary/aromatic N) is 3. The molecule has 0 radical (unpaired) electrons. The van der Waals surface area contributed by atoms with Gasteiger partial charge in [0.05, 0.1) is 12.8 Å². The molecule has 1 aromatic heterocycles. The number of benzene rings is 1. The van der Waals surface area contributed by atoms with Gasteiger partial charge in [0.25, 0.3) is 0 Å². The van der Waals surface area contributed by atoms with Crippen LogP contribution >= 0.6 is 0 Å². The quantitative estimate of drug-likeness (QED) is 0.784. The molecule has 1 aromatic carbocycles. The third kappa shape index (κ3) is 4.46. The van der Waals surface area contributed by atoms with Crippen molar-refractivity contribution >= 4 is 0 Å². The van der Waals surface area contributed by atoms with Crippen molar-refractivity contribution in [2.45, 2.75) is 59.3 Å². The standard InChI is InChI=1S/C21H32N4O/c1-5-25-15-20(17(3)23-25)16(2)22-13-18-8-9-21(26-4)19(12-18)14-24-10-6-7-11-24/h8-9,12,15-16,22H,5-7,10-11,13-14H2,1-4H3. The van der Waals surface area contributed by atoms with Crippen molar-refractivity contribution < 1.29 is 4.74 Å². The molecule has 2 heterocycles.